The van der Waals surface area contributed by atoms with Crippen LogP contribution in [0, 0.1) is 0 Å². The van der Waals surface area contributed by atoms with Gasteiger partial charge in [0, 0.05) is 12.6 Å². The lowest BCUT2D eigenvalue weighted by molar-refractivity contribution is 0.227. The third kappa shape index (κ3) is 4.92. The molecular weight excluding hydrogens is 309 g/mol. The van der Waals surface area contributed by atoms with Crippen LogP contribution in [-0.2, 0) is 18.5 Å². The Bertz CT molecular complexity index is 646. The zero-order valence-corrected chi connectivity index (χ0v) is 15.5. The Hall–Kier alpha value is -1.67. The minimum atomic E-state index is -1.01. The fourth-order valence-electron chi connectivity index (χ4n) is 3.57. The summed E-state index contributed by atoms with van der Waals surface area (Å²) in [6.45, 7) is 3.36. The molecule has 3 rings (SSSR count). The molecule has 1 atom stereocenters. The molecule has 0 spiro atoms. The lowest BCUT2D eigenvalue weighted by Crippen LogP contribution is -2.33. The second-order valence-electron chi connectivity index (χ2n) is 7.48. The highest BCUT2D eigenvalue weighted by atomic mass is 19.1. The fourth-order valence-corrected chi connectivity index (χ4v) is 3.57. The van der Waals surface area contributed by atoms with Crippen molar-refractivity contribution < 1.29 is 4.39 Å². The van der Waals surface area contributed by atoms with Crippen molar-refractivity contribution >= 4 is 0 Å². The van der Waals surface area contributed by atoms with E-state index in [-0.39, 0.29) is 0 Å². The second kappa shape index (κ2) is 8.14. The highest BCUT2D eigenvalue weighted by Crippen LogP contribution is 2.49. The Morgan fingerprint density at radius 3 is 2.20 bits per heavy atom. The number of alkyl halides is 1. The van der Waals surface area contributed by atoms with Gasteiger partial charge in [0.25, 0.3) is 0 Å². The van der Waals surface area contributed by atoms with Crippen LogP contribution in [-0.4, -0.2) is 24.5 Å². The van der Waals surface area contributed by atoms with Gasteiger partial charge < -0.3 is 4.90 Å². The fraction of sp³-hybridized carbons (Fsp3) is 0.478. The molecule has 0 aromatic heterocycles. The smallest absolute Gasteiger partial charge is 0.136 e. The van der Waals surface area contributed by atoms with Gasteiger partial charge in [-0.15, -0.1) is 0 Å². The molecule has 0 N–H and O–H groups in total. The Balaban J connectivity index is 1.48. The third-order valence-electron chi connectivity index (χ3n) is 5.62. The molecule has 1 fully saturated rings. The molecular formula is C23H30FN. The van der Waals surface area contributed by atoms with E-state index in [0.29, 0.717) is 18.9 Å². The number of benzene rings is 2. The highest BCUT2D eigenvalue weighted by Gasteiger charge is 2.44. The van der Waals surface area contributed by atoms with Gasteiger partial charge in [-0.25, -0.2) is 4.39 Å². The molecule has 1 saturated carbocycles. The molecule has 2 aromatic carbocycles. The maximum atomic E-state index is 14.1. The van der Waals surface area contributed by atoms with Gasteiger partial charge in [0.05, 0.1) is 0 Å². The molecule has 0 radical (unpaired) electrons. The van der Waals surface area contributed by atoms with Crippen molar-refractivity contribution in [3.05, 3.63) is 71.3 Å². The van der Waals surface area contributed by atoms with Gasteiger partial charge >= 0.3 is 0 Å². The first-order chi connectivity index (χ1) is 12.1. The number of hydrogen-bond acceptors (Lipinski definition) is 1. The Morgan fingerprint density at radius 1 is 0.960 bits per heavy atom. The van der Waals surface area contributed by atoms with Crippen molar-refractivity contribution in [1.29, 1.82) is 0 Å². The molecule has 0 heterocycles. The number of halogens is 1. The molecule has 1 aliphatic rings. The molecule has 2 heteroatoms. The average Bonchev–Trinajstić information content (AvgIpc) is 3.40. The maximum absolute atomic E-state index is 14.1. The molecule has 1 aliphatic carbocycles. The number of aryl methyl sites for hydroxylation is 1. The van der Waals surface area contributed by atoms with Gasteiger partial charge in [0.1, 0.15) is 5.67 Å². The predicted molar refractivity (Wildman–Crippen MR) is 104 cm³/mol. The number of rotatable bonds is 9. The molecule has 0 aliphatic heterocycles. The summed E-state index contributed by atoms with van der Waals surface area (Å²) in [5.41, 5.74) is 2.58. The summed E-state index contributed by atoms with van der Waals surface area (Å²) in [7, 11) is 2.24. The second-order valence-corrected chi connectivity index (χ2v) is 7.48. The summed E-state index contributed by atoms with van der Waals surface area (Å²) in [4.78, 5) is 2.49. The Labute approximate surface area is 151 Å². The average molecular weight is 339 g/mol. The minimum absolute atomic E-state index is 0.597. The number of likely N-dealkylation sites (N-methyl/N-ethyl adjacent to an activating group) is 1. The van der Waals surface area contributed by atoms with E-state index in [1.165, 1.54) is 11.1 Å². The normalized spacial score (nSPS) is 16.8. The molecule has 1 nitrogen and oxygen atoms in total. The minimum Gasteiger partial charge on any atom is -0.303 e. The van der Waals surface area contributed by atoms with Crippen LogP contribution in [0.25, 0.3) is 0 Å². The van der Waals surface area contributed by atoms with Gasteiger partial charge in [0.2, 0.25) is 0 Å². The summed E-state index contributed by atoms with van der Waals surface area (Å²) >= 11 is 0. The molecule has 1 unspecified atom stereocenters. The van der Waals surface area contributed by atoms with Gasteiger partial charge in [-0.3, -0.25) is 0 Å². The lowest BCUT2D eigenvalue weighted by atomic mass is 9.99. The van der Waals surface area contributed by atoms with Gasteiger partial charge in [-0.05, 0) is 62.3 Å². The first-order valence-electron chi connectivity index (χ1n) is 9.63. The van der Waals surface area contributed by atoms with E-state index in [1.807, 2.05) is 12.1 Å². The van der Waals surface area contributed by atoms with E-state index in [1.54, 1.807) is 0 Å². The van der Waals surface area contributed by atoms with E-state index in [0.717, 1.165) is 37.8 Å². The van der Waals surface area contributed by atoms with Crippen LogP contribution in [0.3, 0.4) is 0 Å². The van der Waals surface area contributed by atoms with E-state index in [2.05, 4.69) is 61.3 Å². The van der Waals surface area contributed by atoms with Crippen molar-refractivity contribution in [2.45, 2.75) is 57.2 Å². The summed E-state index contributed by atoms with van der Waals surface area (Å²) in [5, 5.41) is 0. The topological polar surface area (TPSA) is 3.24 Å². The first-order valence-corrected chi connectivity index (χ1v) is 9.63. The zero-order chi connectivity index (χ0) is 17.7. The van der Waals surface area contributed by atoms with E-state index < -0.39 is 5.67 Å². The maximum Gasteiger partial charge on any atom is 0.136 e. The van der Waals surface area contributed by atoms with Crippen molar-refractivity contribution in [2.24, 2.45) is 0 Å². The predicted octanol–water partition coefficient (Wildman–Crippen LogP) is 5.53. The van der Waals surface area contributed by atoms with Crippen molar-refractivity contribution in [3.8, 4) is 0 Å². The van der Waals surface area contributed by atoms with Crippen LogP contribution in [0.4, 0.5) is 4.39 Å². The Morgan fingerprint density at radius 2 is 1.60 bits per heavy atom. The van der Waals surface area contributed by atoms with Crippen LogP contribution in [0.5, 0.6) is 0 Å². The molecule has 25 heavy (non-hydrogen) atoms. The van der Waals surface area contributed by atoms with E-state index in [4.69, 9.17) is 0 Å². The lowest BCUT2D eigenvalue weighted by Gasteiger charge is -2.27. The number of nitrogens with zero attached hydrogens (tertiary/aromatic N) is 1. The molecule has 0 amide bonds. The highest BCUT2D eigenvalue weighted by molar-refractivity contribution is 5.31. The molecule has 2 aromatic rings. The van der Waals surface area contributed by atoms with Crippen LogP contribution >= 0.6 is 0 Å². The van der Waals surface area contributed by atoms with E-state index >= 15 is 0 Å². The molecule has 134 valence electrons. The van der Waals surface area contributed by atoms with Gasteiger partial charge in [0.15, 0.2) is 0 Å². The Kier molecular flexibility index (Phi) is 5.90. The third-order valence-corrected chi connectivity index (χ3v) is 5.62. The van der Waals surface area contributed by atoms with Crippen molar-refractivity contribution in [1.82, 2.24) is 4.90 Å². The SMILES string of the molecule is CCC(CCc1ccc(C2(F)CC2)cc1)N(C)CCc1ccccc1. The summed E-state index contributed by atoms with van der Waals surface area (Å²) in [5.74, 6) is 0. The first kappa shape index (κ1) is 18.1. The van der Waals surface area contributed by atoms with Crippen LogP contribution in [0.2, 0.25) is 0 Å². The summed E-state index contributed by atoms with van der Waals surface area (Å²) in [6.07, 6.45) is 5.86. The molecule has 0 saturated heterocycles. The van der Waals surface area contributed by atoms with Crippen LogP contribution in [0.1, 0.15) is 49.3 Å². The van der Waals surface area contributed by atoms with Crippen LogP contribution in [0.15, 0.2) is 54.6 Å². The number of hydrogen-bond donors (Lipinski definition) is 0. The van der Waals surface area contributed by atoms with Crippen molar-refractivity contribution in [2.75, 3.05) is 13.6 Å². The van der Waals surface area contributed by atoms with Crippen LogP contribution < -0.4 is 0 Å². The van der Waals surface area contributed by atoms with Gasteiger partial charge in [-0.1, -0.05) is 61.5 Å². The van der Waals surface area contributed by atoms with Gasteiger partial charge in [-0.2, -0.15) is 0 Å². The monoisotopic (exact) mass is 339 g/mol. The summed E-state index contributed by atoms with van der Waals surface area (Å²) < 4.78 is 14.1. The largest absolute Gasteiger partial charge is 0.303 e. The van der Waals surface area contributed by atoms with Crippen molar-refractivity contribution in [3.63, 3.8) is 0 Å². The zero-order valence-electron chi connectivity index (χ0n) is 15.5. The molecule has 0 bridgehead atoms. The summed E-state index contributed by atoms with van der Waals surface area (Å²) in [6, 6.07) is 19.5. The standard InChI is InChI=1S/C23H30FN/c1-3-22(25(2)18-15-19-7-5-4-6-8-19)14-11-20-9-12-21(13-10-20)23(24)16-17-23/h4-10,12-13,22H,3,11,14-18H2,1-2H3. The van der Waals surface area contributed by atoms with E-state index in [9.17, 15) is 4.39 Å². The quantitative estimate of drug-likeness (QED) is 0.580.